The van der Waals surface area contributed by atoms with Crippen LogP contribution in [0.2, 0.25) is 25.7 Å². The number of esters is 1. The highest BCUT2D eigenvalue weighted by Gasteiger charge is 2.28. The topological polar surface area (TPSA) is 137 Å². The molecule has 1 atom stereocenters. The largest absolute Gasteiger partial charge is 0.464 e. The van der Waals surface area contributed by atoms with Crippen molar-refractivity contribution < 1.29 is 33.0 Å². The number of benzene rings is 1. The summed E-state index contributed by atoms with van der Waals surface area (Å²) < 4.78 is 33.2. The van der Waals surface area contributed by atoms with Gasteiger partial charge in [0.05, 0.1) is 24.2 Å². The number of para-hydroxylation sites is 1. The molecule has 4 rings (SSSR count). The van der Waals surface area contributed by atoms with Crippen molar-refractivity contribution in [1.29, 1.82) is 0 Å². The molecule has 1 aromatic carbocycles. The fourth-order valence-electron chi connectivity index (χ4n) is 5.07. The Hall–Kier alpha value is -4.30. The molecular weight excluding hydrogens is 623 g/mol. The maximum absolute atomic E-state index is 15.5. The van der Waals surface area contributed by atoms with E-state index in [2.05, 4.69) is 40.2 Å². The van der Waals surface area contributed by atoms with Crippen molar-refractivity contribution in [1.82, 2.24) is 19.9 Å². The van der Waals surface area contributed by atoms with Gasteiger partial charge in [0.15, 0.2) is 0 Å². The lowest BCUT2D eigenvalue weighted by Crippen LogP contribution is -2.49. The lowest BCUT2D eigenvalue weighted by Gasteiger charge is -2.36. The summed E-state index contributed by atoms with van der Waals surface area (Å²) in [6.07, 6.45) is 4.01. The van der Waals surface area contributed by atoms with Crippen LogP contribution in [0.25, 0.3) is 11.3 Å². The molecule has 1 unspecified atom stereocenters. The molecule has 0 saturated carbocycles. The van der Waals surface area contributed by atoms with Crippen LogP contribution in [0, 0.1) is 5.82 Å². The minimum absolute atomic E-state index is 0.0442. The van der Waals surface area contributed by atoms with Crippen LogP contribution in [0.3, 0.4) is 0 Å². The lowest BCUT2D eigenvalue weighted by atomic mass is 10.0. The third-order valence-corrected chi connectivity index (χ3v) is 9.05. The number of aromatic nitrogens is 3. The maximum Gasteiger partial charge on any atom is 0.407 e. The van der Waals surface area contributed by atoms with E-state index in [1.807, 2.05) is 4.90 Å². The van der Waals surface area contributed by atoms with Crippen LogP contribution >= 0.6 is 0 Å². The average molecular weight is 669 g/mol. The summed E-state index contributed by atoms with van der Waals surface area (Å²) >= 11 is 0. The fourth-order valence-corrected chi connectivity index (χ4v) is 5.83. The third-order valence-electron chi connectivity index (χ3n) is 7.35. The number of carbonyl (C=O) groups is 3. The third kappa shape index (κ3) is 10.1. The van der Waals surface area contributed by atoms with E-state index in [9.17, 15) is 14.4 Å². The first-order valence-electron chi connectivity index (χ1n) is 15.7. The number of methoxy groups -OCH3 is 1. The molecule has 254 valence electrons. The van der Waals surface area contributed by atoms with E-state index in [0.717, 1.165) is 6.04 Å². The lowest BCUT2D eigenvalue weighted by molar-refractivity contribution is 0.0498. The quantitative estimate of drug-likeness (QED) is 0.145. The van der Waals surface area contributed by atoms with E-state index >= 15 is 4.39 Å². The fraction of sp³-hybridized carbons (Fsp3) is 0.485. The first-order chi connectivity index (χ1) is 22.1. The first-order valence-corrected chi connectivity index (χ1v) is 19.4. The number of hydrogen-bond acceptors (Lipinski definition) is 9. The maximum atomic E-state index is 15.5. The van der Waals surface area contributed by atoms with E-state index < -0.39 is 37.5 Å². The van der Waals surface area contributed by atoms with Crippen molar-refractivity contribution in [2.24, 2.45) is 0 Å². The van der Waals surface area contributed by atoms with Crippen molar-refractivity contribution in [3.05, 3.63) is 60.1 Å². The Labute approximate surface area is 276 Å². The minimum Gasteiger partial charge on any atom is -0.464 e. The summed E-state index contributed by atoms with van der Waals surface area (Å²) in [6, 6.07) is 8.37. The molecule has 1 aliphatic rings. The number of nitrogens with zero attached hydrogens (tertiary/aromatic N) is 4. The highest BCUT2D eigenvalue weighted by atomic mass is 28.3. The number of nitrogens with one attached hydrogen (secondary N) is 2. The smallest absolute Gasteiger partial charge is 0.407 e. The number of piperidine rings is 1. The molecule has 1 saturated heterocycles. The number of rotatable bonds is 11. The van der Waals surface area contributed by atoms with Gasteiger partial charge in [-0.15, -0.1) is 0 Å². The molecule has 2 N–H and O–H groups in total. The molecule has 47 heavy (non-hydrogen) atoms. The normalized spacial score (nSPS) is 15.2. The molecule has 3 heterocycles. The molecule has 0 radical (unpaired) electrons. The van der Waals surface area contributed by atoms with Crippen molar-refractivity contribution in [3.8, 4) is 11.3 Å². The molecule has 0 spiro atoms. The number of carbonyl (C=O) groups excluding carboxylic acids is 3. The van der Waals surface area contributed by atoms with Gasteiger partial charge in [-0.05, 0) is 63.9 Å². The van der Waals surface area contributed by atoms with E-state index in [1.54, 1.807) is 43.7 Å². The number of halogens is 1. The van der Waals surface area contributed by atoms with Gasteiger partial charge in [0, 0.05) is 51.8 Å². The Morgan fingerprint density at radius 1 is 1.15 bits per heavy atom. The van der Waals surface area contributed by atoms with Crippen LogP contribution in [0.1, 0.15) is 54.7 Å². The van der Waals surface area contributed by atoms with Gasteiger partial charge >= 0.3 is 12.1 Å². The zero-order valence-corrected chi connectivity index (χ0v) is 29.2. The van der Waals surface area contributed by atoms with Gasteiger partial charge < -0.3 is 34.3 Å². The average Bonchev–Trinajstić information content (AvgIpc) is 3.42. The van der Waals surface area contributed by atoms with Crippen LogP contribution in [-0.4, -0.2) is 79.0 Å². The van der Waals surface area contributed by atoms with E-state index in [1.165, 1.54) is 31.5 Å². The van der Waals surface area contributed by atoms with E-state index in [4.69, 9.17) is 14.2 Å². The summed E-state index contributed by atoms with van der Waals surface area (Å²) in [7, 11) is -0.0818. The number of pyridine rings is 1. The van der Waals surface area contributed by atoms with Gasteiger partial charge in [0.25, 0.3) is 5.91 Å². The number of alkyl carbamates (subject to hydrolysis) is 1. The molecule has 3 aromatic rings. The van der Waals surface area contributed by atoms with Crippen molar-refractivity contribution in [2.75, 3.05) is 37.0 Å². The zero-order valence-electron chi connectivity index (χ0n) is 28.2. The standard InChI is InChI=1S/C33H45FN6O6Si/c1-33(2,3)46-32(43)36-23-10-9-15-39(19-23)28-24(34)11-8-12-25(28)38-30(41)29-37-27(20-40(29)21-45-16-17-47(5,6)7)22-13-14-35-26(18-22)31(42)44-4/h8,11-14,18,20,23H,9-10,15-17,19,21H2,1-7H3,(H,36,43)(H,38,41). The molecule has 2 amide bonds. The van der Waals surface area contributed by atoms with Crippen LogP contribution in [-0.2, 0) is 20.9 Å². The second-order valence-corrected chi connectivity index (χ2v) is 19.3. The summed E-state index contributed by atoms with van der Waals surface area (Å²) in [6.45, 7) is 13.6. The Kier molecular flexibility index (Phi) is 11.4. The van der Waals surface area contributed by atoms with Gasteiger partial charge in [0.2, 0.25) is 5.82 Å². The van der Waals surface area contributed by atoms with Gasteiger partial charge in [0.1, 0.15) is 23.8 Å². The molecular formula is C33H45FN6O6Si. The van der Waals surface area contributed by atoms with Crippen LogP contribution in [0.15, 0.2) is 42.7 Å². The number of hydrogen-bond donors (Lipinski definition) is 2. The van der Waals surface area contributed by atoms with Crippen molar-refractivity contribution >= 4 is 37.4 Å². The predicted octanol–water partition coefficient (Wildman–Crippen LogP) is 5.93. The van der Waals surface area contributed by atoms with Gasteiger partial charge in [-0.1, -0.05) is 25.7 Å². The summed E-state index contributed by atoms with van der Waals surface area (Å²) in [4.78, 5) is 48.8. The van der Waals surface area contributed by atoms with Crippen LogP contribution < -0.4 is 15.5 Å². The van der Waals surface area contributed by atoms with Crippen LogP contribution in [0.4, 0.5) is 20.6 Å². The molecule has 0 aliphatic carbocycles. The van der Waals surface area contributed by atoms with E-state index in [0.29, 0.717) is 43.8 Å². The minimum atomic E-state index is -1.35. The van der Waals surface area contributed by atoms with Gasteiger partial charge in [-0.3, -0.25) is 4.79 Å². The van der Waals surface area contributed by atoms with Crippen molar-refractivity contribution in [2.45, 2.75) is 77.7 Å². The van der Waals surface area contributed by atoms with Crippen LogP contribution in [0.5, 0.6) is 0 Å². The van der Waals surface area contributed by atoms with Gasteiger partial charge in [-0.25, -0.2) is 23.9 Å². The Morgan fingerprint density at radius 2 is 1.91 bits per heavy atom. The molecule has 14 heteroatoms. The SMILES string of the molecule is COC(=O)c1cc(-c2cn(COCC[Si](C)(C)C)c(C(=O)Nc3cccc(F)c3N3CCCC(NC(=O)OC(C)(C)C)C3)n2)ccn1. The summed E-state index contributed by atoms with van der Waals surface area (Å²) in [5.74, 6) is -1.63. The Balaban J connectivity index is 1.59. The number of ether oxygens (including phenoxy) is 3. The zero-order chi connectivity index (χ0) is 34.4. The second-order valence-electron chi connectivity index (χ2n) is 13.7. The highest BCUT2D eigenvalue weighted by molar-refractivity contribution is 6.76. The Morgan fingerprint density at radius 3 is 2.62 bits per heavy atom. The molecule has 0 bridgehead atoms. The first kappa shape index (κ1) is 35.5. The number of imidazole rings is 1. The predicted molar refractivity (Wildman–Crippen MR) is 180 cm³/mol. The molecule has 2 aromatic heterocycles. The van der Waals surface area contributed by atoms with Gasteiger partial charge in [-0.2, -0.15) is 0 Å². The van der Waals surface area contributed by atoms with E-state index in [-0.39, 0.29) is 35.7 Å². The van der Waals surface area contributed by atoms with Crippen molar-refractivity contribution in [3.63, 3.8) is 0 Å². The highest BCUT2D eigenvalue weighted by Crippen LogP contribution is 2.32. The number of amides is 2. The molecule has 12 nitrogen and oxygen atoms in total. The second kappa shape index (κ2) is 15.1. The molecule has 1 fully saturated rings. The summed E-state index contributed by atoms with van der Waals surface area (Å²) in [5, 5.41) is 5.74. The Bertz CT molecular complexity index is 1580. The monoisotopic (exact) mass is 668 g/mol. The number of anilines is 2. The molecule has 1 aliphatic heterocycles. The summed E-state index contributed by atoms with van der Waals surface area (Å²) in [5.41, 5.74) is 0.913.